The molecule has 3 nitrogen and oxygen atoms in total. The first-order valence-corrected chi connectivity index (χ1v) is 7.15. The quantitative estimate of drug-likeness (QED) is 0.853. The summed E-state index contributed by atoms with van der Waals surface area (Å²) in [6, 6.07) is 5.61. The average molecular weight is 376 g/mol. The third-order valence-corrected chi connectivity index (χ3v) is 4.03. The maximum atomic E-state index is 12.0. The van der Waals surface area contributed by atoms with E-state index < -0.39 is 0 Å². The third kappa shape index (κ3) is 3.14. The van der Waals surface area contributed by atoms with Gasteiger partial charge in [-0.2, -0.15) is 0 Å². The van der Waals surface area contributed by atoms with Gasteiger partial charge in [-0.25, -0.2) is 4.98 Å². The van der Waals surface area contributed by atoms with Crippen LogP contribution in [0.25, 0.3) is 0 Å². The summed E-state index contributed by atoms with van der Waals surface area (Å²) in [5, 5.41) is 3.35. The molecule has 0 aliphatic rings. The molecule has 0 aliphatic heterocycles. The van der Waals surface area contributed by atoms with Gasteiger partial charge in [0.1, 0.15) is 0 Å². The van der Waals surface area contributed by atoms with Gasteiger partial charge >= 0.3 is 0 Å². The van der Waals surface area contributed by atoms with Gasteiger partial charge in [0.25, 0.3) is 5.91 Å². The summed E-state index contributed by atoms with van der Waals surface area (Å²) in [6.45, 7) is 1.90. The molecule has 0 aliphatic carbocycles. The molecular weight excluding hydrogens is 368 g/mol. The molecular formula is C11H8Br2N2OS. The number of amides is 1. The fourth-order valence-corrected chi connectivity index (χ4v) is 2.78. The van der Waals surface area contributed by atoms with Crippen LogP contribution in [0.4, 0.5) is 5.13 Å². The molecule has 2 aromatic rings. The molecule has 1 aromatic heterocycles. The zero-order chi connectivity index (χ0) is 12.4. The molecule has 1 aromatic carbocycles. The van der Waals surface area contributed by atoms with Crippen LogP contribution in [-0.4, -0.2) is 10.9 Å². The van der Waals surface area contributed by atoms with Crippen molar-refractivity contribution in [3.8, 4) is 0 Å². The van der Waals surface area contributed by atoms with Crippen molar-refractivity contribution in [2.24, 2.45) is 0 Å². The number of halogens is 2. The van der Waals surface area contributed by atoms with Crippen molar-refractivity contribution < 1.29 is 4.79 Å². The number of nitrogens with zero attached hydrogens (tertiary/aromatic N) is 1. The molecule has 2 rings (SSSR count). The normalized spacial score (nSPS) is 10.3. The summed E-state index contributed by atoms with van der Waals surface area (Å²) in [6.07, 6.45) is 1.66. The summed E-state index contributed by atoms with van der Waals surface area (Å²) < 4.78 is 1.77. The summed E-state index contributed by atoms with van der Waals surface area (Å²) in [5.74, 6) is -0.148. The Kier molecular flexibility index (Phi) is 3.96. The standard InChI is InChI=1S/C11H8Br2N2OS/c1-6-2-3-7(12)4-8(6)10(16)15-11-14-5-9(13)17-11/h2-5H,1H3,(H,14,15,16). The van der Waals surface area contributed by atoms with E-state index in [1.54, 1.807) is 12.3 Å². The molecule has 0 saturated carbocycles. The van der Waals surface area contributed by atoms with E-state index in [1.165, 1.54) is 11.3 Å². The van der Waals surface area contributed by atoms with E-state index in [4.69, 9.17) is 0 Å². The molecule has 1 amide bonds. The smallest absolute Gasteiger partial charge is 0.257 e. The van der Waals surface area contributed by atoms with Gasteiger partial charge in [-0.3, -0.25) is 10.1 Å². The van der Waals surface area contributed by atoms with Crippen molar-refractivity contribution in [3.63, 3.8) is 0 Å². The monoisotopic (exact) mass is 374 g/mol. The van der Waals surface area contributed by atoms with Gasteiger partial charge in [-0.15, -0.1) is 0 Å². The average Bonchev–Trinajstić information content (AvgIpc) is 2.67. The molecule has 17 heavy (non-hydrogen) atoms. The summed E-state index contributed by atoms with van der Waals surface area (Å²) in [7, 11) is 0. The molecule has 0 atom stereocenters. The van der Waals surface area contributed by atoms with Crippen LogP contribution in [0, 0.1) is 6.92 Å². The summed E-state index contributed by atoms with van der Waals surface area (Å²) in [5.41, 5.74) is 1.58. The van der Waals surface area contributed by atoms with Crippen molar-refractivity contribution in [2.75, 3.05) is 5.32 Å². The number of aryl methyl sites for hydroxylation is 1. The number of thiazole rings is 1. The third-order valence-electron chi connectivity index (χ3n) is 2.14. The predicted molar refractivity (Wildman–Crippen MR) is 76.6 cm³/mol. The molecule has 0 saturated heterocycles. The van der Waals surface area contributed by atoms with E-state index in [2.05, 4.69) is 42.2 Å². The van der Waals surface area contributed by atoms with Crippen molar-refractivity contribution >= 4 is 54.2 Å². The van der Waals surface area contributed by atoms with Gasteiger partial charge in [-0.05, 0) is 40.5 Å². The number of aromatic nitrogens is 1. The fraction of sp³-hybridized carbons (Fsp3) is 0.0909. The number of anilines is 1. The van der Waals surface area contributed by atoms with Gasteiger partial charge in [0, 0.05) is 10.0 Å². The molecule has 0 unspecified atom stereocenters. The molecule has 6 heteroatoms. The van der Waals surface area contributed by atoms with Gasteiger partial charge in [0.15, 0.2) is 5.13 Å². The SMILES string of the molecule is Cc1ccc(Br)cc1C(=O)Nc1ncc(Br)s1. The minimum atomic E-state index is -0.148. The summed E-state index contributed by atoms with van der Waals surface area (Å²) in [4.78, 5) is 16.1. The van der Waals surface area contributed by atoms with Crippen LogP contribution >= 0.6 is 43.2 Å². The Morgan fingerprint density at radius 3 is 2.82 bits per heavy atom. The highest BCUT2D eigenvalue weighted by Crippen LogP contribution is 2.24. The number of nitrogens with one attached hydrogen (secondary N) is 1. The second-order valence-corrected chi connectivity index (χ2v) is 6.71. The molecule has 1 heterocycles. The zero-order valence-electron chi connectivity index (χ0n) is 8.83. The van der Waals surface area contributed by atoms with Crippen LogP contribution in [0.15, 0.2) is 32.7 Å². The lowest BCUT2D eigenvalue weighted by Gasteiger charge is -2.05. The van der Waals surface area contributed by atoms with Crippen molar-refractivity contribution in [3.05, 3.63) is 43.8 Å². The lowest BCUT2D eigenvalue weighted by molar-refractivity contribution is 0.102. The minimum Gasteiger partial charge on any atom is -0.298 e. The zero-order valence-corrected chi connectivity index (χ0v) is 12.8. The van der Waals surface area contributed by atoms with Crippen molar-refractivity contribution in [2.45, 2.75) is 6.92 Å². The molecule has 1 N–H and O–H groups in total. The van der Waals surface area contributed by atoms with Gasteiger partial charge in [0.05, 0.1) is 9.98 Å². The van der Waals surface area contributed by atoms with E-state index in [1.807, 2.05) is 19.1 Å². The summed E-state index contributed by atoms with van der Waals surface area (Å²) >= 11 is 8.04. The number of carbonyl (C=O) groups excluding carboxylic acids is 1. The Bertz CT molecular complexity index is 568. The van der Waals surface area contributed by atoms with Crippen LogP contribution in [0.1, 0.15) is 15.9 Å². The van der Waals surface area contributed by atoms with E-state index in [-0.39, 0.29) is 5.91 Å². The lowest BCUT2D eigenvalue weighted by atomic mass is 10.1. The Labute approximate surface area is 120 Å². The predicted octanol–water partition coefficient (Wildman–Crippen LogP) is 4.23. The molecule has 0 spiro atoms. The van der Waals surface area contributed by atoms with Gasteiger partial charge < -0.3 is 0 Å². The first-order valence-electron chi connectivity index (χ1n) is 4.75. The first kappa shape index (κ1) is 12.7. The number of carbonyl (C=O) groups is 1. The first-order chi connectivity index (χ1) is 8.06. The Hall–Kier alpha value is -0.720. The highest BCUT2D eigenvalue weighted by Gasteiger charge is 2.11. The van der Waals surface area contributed by atoms with Crippen LogP contribution < -0.4 is 5.32 Å². The van der Waals surface area contributed by atoms with Crippen LogP contribution in [0.3, 0.4) is 0 Å². The topological polar surface area (TPSA) is 42.0 Å². The Morgan fingerprint density at radius 1 is 1.41 bits per heavy atom. The maximum Gasteiger partial charge on any atom is 0.257 e. The molecule has 88 valence electrons. The fourth-order valence-electron chi connectivity index (χ4n) is 1.32. The van der Waals surface area contributed by atoms with Crippen LogP contribution in [0.2, 0.25) is 0 Å². The highest BCUT2D eigenvalue weighted by atomic mass is 79.9. The van der Waals surface area contributed by atoms with Crippen molar-refractivity contribution in [1.29, 1.82) is 0 Å². The molecule has 0 fully saturated rings. The van der Waals surface area contributed by atoms with E-state index in [9.17, 15) is 4.79 Å². The highest BCUT2D eigenvalue weighted by molar-refractivity contribution is 9.11. The van der Waals surface area contributed by atoms with Gasteiger partial charge in [0.2, 0.25) is 0 Å². The van der Waals surface area contributed by atoms with Crippen LogP contribution in [-0.2, 0) is 0 Å². The lowest BCUT2D eigenvalue weighted by Crippen LogP contribution is -2.13. The minimum absolute atomic E-state index is 0.148. The van der Waals surface area contributed by atoms with Gasteiger partial charge in [-0.1, -0.05) is 33.3 Å². The maximum absolute atomic E-state index is 12.0. The van der Waals surface area contributed by atoms with E-state index >= 15 is 0 Å². The molecule has 0 bridgehead atoms. The van der Waals surface area contributed by atoms with E-state index in [0.717, 1.165) is 13.8 Å². The second kappa shape index (κ2) is 5.29. The number of rotatable bonds is 2. The second-order valence-electron chi connectivity index (χ2n) is 3.38. The van der Waals surface area contributed by atoms with Crippen molar-refractivity contribution in [1.82, 2.24) is 4.98 Å². The number of hydrogen-bond acceptors (Lipinski definition) is 3. The Morgan fingerprint density at radius 2 is 2.18 bits per heavy atom. The number of hydrogen-bond donors (Lipinski definition) is 1. The number of benzene rings is 1. The Balaban J connectivity index is 2.22. The molecule has 0 radical (unpaired) electrons. The van der Waals surface area contributed by atoms with E-state index in [0.29, 0.717) is 10.7 Å². The van der Waals surface area contributed by atoms with Crippen LogP contribution in [0.5, 0.6) is 0 Å². The largest absolute Gasteiger partial charge is 0.298 e.